The monoisotopic (exact) mass is 159 g/mol. The Balaban J connectivity index is 2.03. The molecule has 0 heterocycles. The summed E-state index contributed by atoms with van der Waals surface area (Å²) in [5.41, 5.74) is 0. The van der Waals surface area contributed by atoms with Gasteiger partial charge in [0.15, 0.2) is 5.78 Å². The summed E-state index contributed by atoms with van der Waals surface area (Å²) in [4.78, 5) is 11.5. The fourth-order valence-corrected chi connectivity index (χ4v) is 2.91. The third-order valence-electron chi connectivity index (χ3n) is 3.44. The first-order chi connectivity index (χ1) is 5.86. The van der Waals surface area contributed by atoms with Crippen molar-refractivity contribution in [3.63, 3.8) is 0 Å². The van der Waals surface area contributed by atoms with Gasteiger partial charge in [-0.15, -0.1) is 0 Å². The highest BCUT2D eigenvalue weighted by atomic mass is 16.1. The van der Waals surface area contributed by atoms with Crippen molar-refractivity contribution >= 4 is 5.78 Å². The van der Waals surface area contributed by atoms with Crippen molar-refractivity contribution in [2.75, 3.05) is 0 Å². The van der Waals surface area contributed by atoms with Gasteiger partial charge in [0.05, 0.1) is 0 Å². The van der Waals surface area contributed by atoms with Gasteiger partial charge < -0.3 is 0 Å². The van der Waals surface area contributed by atoms with E-state index in [1.165, 1.54) is 6.42 Å². The van der Waals surface area contributed by atoms with Crippen LogP contribution >= 0.6 is 0 Å². The normalized spacial score (nSPS) is 48.5. The van der Waals surface area contributed by atoms with Crippen LogP contribution in [0.2, 0.25) is 0 Å². The lowest BCUT2D eigenvalue weighted by Gasteiger charge is -2.27. The van der Waals surface area contributed by atoms with E-state index in [0.29, 0.717) is 29.5 Å². The lowest BCUT2D eigenvalue weighted by molar-refractivity contribution is -0.120. The van der Waals surface area contributed by atoms with Gasteiger partial charge in [-0.3, -0.25) is 4.79 Å². The standard InChI is InChI=1S/C11H11O/c12-10-3-1-2-9-7-4-5-8(6-7)11(9)10/h1-5,7-9,11H,6H2. The topological polar surface area (TPSA) is 17.1 Å². The van der Waals surface area contributed by atoms with Gasteiger partial charge >= 0.3 is 0 Å². The molecule has 0 amide bonds. The van der Waals surface area contributed by atoms with Gasteiger partial charge in [0.25, 0.3) is 0 Å². The SMILES string of the molecule is O=C1C=C[CH]C2C3C=CC(C3)C12. The predicted molar refractivity (Wildman–Crippen MR) is 46.2 cm³/mol. The van der Waals surface area contributed by atoms with Crippen molar-refractivity contribution < 1.29 is 4.79 Å². The molecule has 1 radical (unpaired) electrons. The number of carbonyl (C=O) groups is 1. The molecule has 4 atom stereocenters. The van der Waals surface area contributed by atoms with Crippen LogP contribution in [0.3, 0.4) is 0 Å². The highest BCUT2D eigenvalue weighted by Crippen LogP contribution is 2.50. The van der Waals surface area contributed by atoms with Crippen molar-refractivity contribution in [1.82, 2.24) is 0 Å². The van der Waals surface area contributed by atoms with Crippen LogP contribution in [0.25, 0.3) is 0 Å². The second-order valence-corrected chi connectivity index (χ2v) is 4.01. The Labute approximate surface area is 72.2 Å². The van der Waals surface area contributed by atoms with Gasteiger partial charge in [-0.05, 0) is 36.7 Å². The third-order valence-corrected chi connectivity index (χ3v) is 3.44. The Morgan fingerprint density at radius 3 is 2.92 bits per heavy atom. The number of carbonyl (C=O) groups excluding carboxylic acids is 1. The van der Waals surface area contributed by atoms with E-state index in [1.54, 1.807) is 6.08 Å². The Morgan fingerprint density at radius 2 is 2.08 bits per heavy atom. The van der Waals surface area contributed by atoms with E-state index < -0.39 is 0 Å². The van der Waals surface area contributed by atoms with Gasteiger partial charge in [-0.2, -0.15) is 0 Å². The fourth-order valence-electron chi connectivity index (χ4n) is 2.91. The largest absolute Gasteiger partial charge is 0.295 e. The molecule has 12 heavy (non-hydrogen) atoms. The number of hydrogen-bond acceptors (Lipinski definition) is 1. The maximum absolute atomic E-state index is 11.5. The van der Waals surface area contributed by atoms with E-state index in [-0.39, 0.29) is 0 Å². The molecule has 1 saturated carbocycles. The minimum Gasteiger partial charge on any atom is -0.295 e. The number of rotatable bonds is 0. The molecule has 3 aliphatic rings. The van der Waals surface area contributed by atoms with Crippen LogP contribution in [0.1, 0.15) is 6.42 Å². The molecule has 0 N–H and O–H groups in total. The van der Waals surface area contributed by atoms with E-state index in [2.05, 4.69) is 18.6 Å². The van der Waals surface area contributed by atoms with Crippen LogP contribution in [0.4, 0.5) is 0 Å². The van der Waals surface area contributed by atoms with Gasteiger partial charge in [0, 0.05) is 5.92 Å². The van der Waals surface area contributed by atoms with Gasteiger partial charge in [-0.1, -0.05) is 18.2 Å². The third kappa shape index (κ3) is 0.669. The first kappa shape index (κ1) is 6.64. The predicted octanol–water partition coefficient (Wildman–Crippen LogP) is 1.77. The quantitative estimate of drug-likeness (QED) is 0.492. The summed E-state index contributed by atoms with van der Waals surface area (Å²) < 4.78 is 0. The van der Waals surface area contributed by atoms with Gasteiger partial charge in [0.1, 0.15) is 0 Å². The molecule has 0 aromatic rings. The Hall–Kier alpha value is -0.850. The molecule has 3 rings (SSSR count). The van der Waals surface area contributed by atoms with Crippen LogP contribution in [0.5, 0.6) is 0 Å². The fraction of sp³-hybridized carbons (Fsp3) is 0.455. The van der Waals surface area contributed by atoms with E-state index in [0.717, 1.165) is 0 Å². The van der Waals surface area contributed by atoms with E-state index in [9.17, 15) is 4.79 Å². The summed E-state index contributed by atoms with van der Waals surface area (Å²) in [6.45, 7) is 0. The molecule has 0 spiro atoms. The molecule has 0 aromatic heterocycles. The molecule has 1 heteroatoms. The zero-order valence-corrected chi connectivity index (χ0v) is 6.81. The summed E-state index contributed by atoms with van der Waals surface area (Å²) in [6.07, 6.45) is 11.6. The summed E-state index contributed by atoms with van der Waals surface area (Å²) in [7, 11) is 0. The van der Waals surface area contributed by atoms with E-state index in [4.69, 9.17) is 0 Å². The Morgan fingerprint density at radius 1 is 1.25 bits per heavy atom. The van der Waals surface area contributed by atoms with Crippen LogP contribution in [-0.4, -0.2) is 5.78 Å². The molecule has 3 aliphatic carbocycles. The van der Waals surface area contributed by atoms with Crippen molar-refractivity contribution in [3.05, 3.63) is 30.7 Å². The number of ketones is 1. The average Bonchev–Trinajstić information content (AvgIpc) is 2.64. The van der Waals surface area contributed by atoms with Crippen molar-refractivity contribution in [3.8, 4) is 0 Å². The molecule has 61 valence electrons. The second kappa shape index (κ2) is 2.09. The van der Waals surface area contributed by atoms with Crippen molar-refractivity contribution in [2.45, 2.75) is 6.42 Å². The lowest BCUT2D eigenvalue weighted by atomic mass is 9.76. The highest BCUT2D eigenvalue weighted by Gasteiger charge is 2.47. The zero-order valence-electron chi connectivity index (χ0n) is 6.81. The molecule has 0 aliphatic heterocycles. The Kier molecular flexibility index (Phi) is 1.16. The van der Waals surface area contributed by atoms with Crippen LogP contribution in [-0.2, 0) is 4.79 Å². The maximum Gasteiger partial charge on any atom is 0.159 e. The molecule has 2 bridgehead atoms. The number of hydrogen-bond donors (Lipinski definition) is 0. The highest BCUT2D eigenvalue weighted by molar-refractivity contribution is 5.94. The van der Waals surface area contributed by atoms with Crippen LogP contribution in [0.15, 0.2) is 24.3 Å². The van der Waals surface area contributed by atoms with Crippen LogP contribution < -0.4 is 0 Å². The molecule has 1 fully saturated rings. The average molecular weight is 159 g/mol. The minimum absolute atomic E-state index is 0.296. The van der Waals surface area contributed by atoms with E-state index in [1.807, 2.05) is 6.08 Å². The lowest BCUT2D eigenvalue weighted by Crippen LogP contribution is -2.28. The van der Waals surface area contributed by atoms with Crippen LogP contribution in [0, 0.1) is 30.1 Å². The second-order valence-electron chi connectivity index (χ2n) is 4.01. The summed E-state index contributed by atoms with van der Waals surface area (Å²) >= 11 is 0. The molecular weight excluding hydrogens is 148 g/mol. The van der Waals surface area contributed by atoms with Crippen molar-refractivity contribution in [1.29, 1.82) is 0 Å². The summed E-state index contributed by atoms with van der Waals surface area (Å²) in [5, 5.41) is 0. The molecule has 1 nitrogen and oxygen atoms in total. The number of fused-ring (bicyclic) bond motifs is 5. The zero-order chi connectivity index (χ0) is 8.13. The Bertz CT molecular complexity index is 287. The molecule has 0 aromatic carbocycles. The molecule has 0 saturated heterocycles. The first-order valence-electron chi connectivity index (χ1n) is 4.60. The smallest absolute Gasteiger partial charge is 0.159 e. The van der Waals surface area contributed by atoms with Crippen molar-refractivity contribution in [2.24, 2.45) is 23.7 Å². The van der Waals surface area contributed by atoms with E-state index >= 15 is 0 Å². The summed E-state index contributed by atoms with van der Waals surface area (Å²) in [6, 6.07) is 0. The summed E-state index contributed by atoms with van der Waals surface area (Å²) in [5.74, 6) is 2.38. The number of allylic oxidation sites excluding steroid dienone is 4. The molecular formula is C11H11O. The van der Waals surface area contributed by atoms with Gasteiger partial charge in [0.2, 0.25) is 0 Å². The maximum atomic E-state index is 11.5. The molecule has 4 unspecified atom stereocenters. The van der Waals surface area contributed by atoms with Gasteiger partial charge in [-0.25, -0.2) is 0 Å². The first-order valence-corrected chi connectivity index (χ1v) is 4.60. The minimum atomic E-state index is 0.296.